The van der Waals surface area contributed by atoms with Crippen LogP contribution in [0.25, 0.3) is 0 Å². The molecule has 2 N–H and O–H groups in total. The van der Waals surface area contributed by atoms with Crippen LogP contribution in [0.3, 0.4) is 0 Å². The van der Waals surface area contributed by atoms with Gasteiger partial charge >= 0.3 is 5.56 Å². The van der Waals surface area contributed by atoms with E-state index < -0.39 is 0 Å². The Balaban J connectivity index is 2.32. The molecule has 0 bridgehead atoms. The van der Waals surface area contributed by atoms with Gasteiger partial charge in [-0.2, -0.15) is 0 Å². The summed E-state index contributed by atoms with van der Waals surface area (Å²) in [5.74, 6) is 1.05. The zero-order valence-electron chi connectivity index (χ0n) is 12.0. The average Bonchev–Trinajstić information content (AvgIpc) is 2.36. The van der Waals surface area contributed by atoms with E-state index in [0.29, 0.717) is 23.9 Å². The van der Waals surface area contributed by atoms with E-state index in [9.17, 15) is 4.79 Å². The third-order valence-electron chi connectivity index (χ3n) is 2.85. The fourth-order valence-corrected chi connectivity index (χ4v) is 1.93. The van der Waals surface area contributed by atoms with Crippen LogP contribution < -0.4 is 16.0 Å². The van der Waals surface area contributed by atoms with Gasteiger partial charge in [-0.25, -0.2) is 4.98 Å². The Bertz CT molecular complexity index is 662. The van der Waals surface area contributed by atoms with Crippen LogP contribution in [-0.4, -0.2) is 9.55 Å². The van der Waals surface area contributed by atoms with Crippen LogP contribution in [0.2, 0.25) is 0 Å². The maximum atomic E-state index is 12.2. The molecule has 5 heteroatoms. The van der Waals surface area contributed by atoms with Gasteiger partial charge in [0.1, 0.15) is 5.75 Å². The minimum absolute atomic E-state index is 0.0843. The Morgan fingerprint density at radius 2 is 2.15 bits per heavy atom. The largest absolute Gasteiger partial charge is 0.434 e. The van der Waals surface area contributed by atoms with E-state index in [0.717, 1.165) is 5.56 Å². The molecule has 0 fully saturated rings. The Kier molecular flexibility index (Phi) is 4.08. The normalized spacial score (nSPS) is 10.8. The lowest BCUT2D eigenvalue weighted by Gasteiger charge is -2.11. The second-order valence-corrected chi connectivity index (χ2v) is 5.21. The molecule has 20 heavy (non-hydrogen) atoms. The molecule has 0 aliphatic carbocycles. The number of rotatable bonds is 4. The van der Waals surface area contributed by atoms with Gasteiger partial charge in [0, 0.05) is 24.6 Å². The first-order chi connectivity index (χ1) is 9.47. The van der Waals surface area contributed by atoms with Crippen LogP contribution in [-0.2, 0) is 6.54 Å². The molecule has 0 atom stereocenters. The average molecular weight is 273 g/mol. The van der Waals surface area contributed by atoms with Crippen molar-refractivity contribution in [2.75, 3.05) is 5.73 Å². The van der Waals surface area contributed by atoms with Crippen LogP contribution >= 0.6 is 0 Å². The molecule has 0 radical (unpaired) electrons. The molecule has 106 valence electrons. The van der Waals surface area contributed by atoms with E-state index in [2.05, 4.69) is 18.8 Å². The third-order valence-corrected chi connectivity index (χ3v) is 2.85. The first kappa shape index (κ1) is 14.1. The first-order valence-corrected chi connectivity index (χ1v) is 6.57. The Labute approximate surface area is 118 Å². The van der Waals surface area contributed by atoms with E-state index in [1.165, 1.54) is 0 Å². The Morgan fingerprint density at radius 3 is 2.80 bits per heavy atom. The minimum atomic E-state index is -0.225. The summed E-state index contributed by atoms with van der Waals surface area (Å²) in [7, 11) is 0. The van der Waals surface area contributed by atoms with Gasteiger partial charge in [-0.15, -0.1) is 0 Å². The van der Waals surface area contributed by atoms with Crippen molar-refractivity contribution < 1.29 is 4.74 Å². The number of hydrogen-bond donors (Lipinski definition) is 1. The topological polar surface area (TPSA) is 70.1 Å². The monoisotopic (exact) mass is 273 g/mol. The lowest BCUT2D eigenvalue weighted by molar-refractivity contribution is 0.430. The van der Waals surface area contributed by atoms with Crippen LogP contribution in [0.5, 0.6) is 11.6 Å². The smallest absolute Gasteiger partial charge is 0.313 e. The second-order valence-electron chi connectivity index (χ2n) is 5.21. The number of benzene rings is 1. The summed E-state index contributed by atoms with van der Waals surface area (Å²) in [6.07, 6.45) is 3.25. The minimum Gasteiger partial charge on any atom is -0.434 e. The molecule has 2 aromatic rings. The van der Waals surface area contributed by atoms with E-state index in [1.54, 1.807) is 35.2 Å². The van der Waals surface area contributed by atoms with Crippen molar-refractivity contribution in [2.45, 2.75) is 27.3 Å². The van der Waals surface area contributed by atoms with Crippen LogP contribution in [0.1, 0.15) is 19.4 Å². The van der Waals surface area contributed by atoms with E-state index in [4.69, 9.17) is 10.5 Å². The second kappa shape index (κ2) is 5.77. The number of anilines is 1. The summed E-state index contributed by atoms with van der Waals surface area (Å²) < 4.78 is 7.23. The van der Waals surface area contributed by atoms with Crippen molar-refractivity contribution in [3.8, 4) is 11.6 Å². The standard InChI is InChI=1S/C15H19N3O2/c1-10(2)9-18-7-6-17-14(15(18)19)20-13-5-4-12(16)8-11(13)3/h4-8,10H,9,16H2,1-3H3. The lowest BCUT2D eigenvalue weighted by atomic mass is 10.2. The molecule has 0 saturated heterocycles. The molecule has 2 rings (SSSR count). The summed E-state index contributed by atoms with van der Waals surface area (Å²) in [4.78, 5) is 16.3. The fraction of sp³-hybridized carbons (Fsp3) is 0.333. The zero-order chi connectivity index (χ0) is 14.7. The van der Waals surface area contributed by atoms with Crippen LogP contribution in [0, 0.1) is 12.8 Å². The number of nitrogen functional groups attached to an aromatic ring is 1. The summed E-state index contributed by atoms with van der Waals surface area (Å²) in [6, 6.07) is 5.27. The van der Waals surface area contributed by atoms with Gasteiger partial charge in [-0.1, -0.05) is 13.8 Å². The predicted octanol–water partition coefficient (Wildman–Crippen LogP) is 2.58. The van der Waals surface area contributed by atoms with E-state index in [1.807, 2.05) is 6.92 Å². The van der Waals surface area contributed by atoms with Gasteiger partial charge in [0.15, 0.2) is 0 Å². The number of ether oxygens (including phenoxy) is 1. The van der Waals surface area contributed by atoms with Gasteiger partial charge in [0.05, 0.1) is 0 Å². The molecule has 0 saturated carbocycles. The Hall–Kier alpha value is -2.30. The van der Waals surface area contributed by atoms with Gasteiger partial charge in [0.25, 0.3) is 5.88 Å². The highest BCUT2D eigenvalue weighted by molar-refractivity contribution is 5.47. The summed E-state index contributed by atoms with van der Waals surface area (Å²) in [5.41, 5.74) is 6.99. The highest BCUT2D eigenvalue weighted by Gasteiger charge is 2.10. The highest BCUT2D eigenvalue weighted by atomic mass is 16.5. The summed E-state index contributed by atoms with van der Waals surface area (Å²) in [6.45, 7) is 6.62. The molecular weight excluding hydrogens is 254 g/mol. The number of hydrogen-bond acceptors (Lipinski definition) is 4. The van der Waals surface area contributed by atoms with Gasteiger partial charge in [-0.05, 0) is 36.6 Å². The molecule has 0 aliphatic heterocycles. The predicted molar refractivity (Wildman–Crippen MR) is 79.0 cm³/mol. The van der Waals surface area contributed by atoms with E-state index >= 15 is 0 Å². The van der Waals surface area contributed by atoms with Crippen molar-refractivity contribution in [3.63, 3.8) is 0 Å². The van der Waals surface area contributed by atoms with Crippen molar-refractivity contribution >= 4 is 5.69 Å². The quantitative estimate of drug-likeness (QED) is 0.869. The summed E-state index contributed by atoms with van der Waals surface area (Å²) in [5, 5.41) is 0. The molecule has 1 aromatic heterocycles. The lowest BCUT2D eigenvalue weighted by Crippen LogP contribution is -2.23. The molecule has 0 spiro atoms. The van der Waals surface area contributed by atoms with Gasteiger partial charge < -0.3 is 15.0 Å². The number of aromatic nitrogens is 2. The maximum Gasteiger partial charge on any atom is 0.313 e. The van der Waals surface area contributed by atoms with Crippen molar-refractivity contribution in [1.29, 1.82) is 0 Å². The first-order valence-electron chi connectivity index (χ1n) is 6.57. The highest BCUT2D eigenvalue weighted by Crippen LogP contribution is 2.23. The third kappa shape index (κ3) is 3.17. The SMILES string of the molecule is Cc1cc(N)ccc1Oc1nccn(CC(C)C)c1=O. The van der Waals surface area contributed by atoms with Gasteiger partial charge in [-0.3, -0.25) is 4.79 Å². The number of aryl methyl sites for hydroxylation is 1. The molecule has 0 aliphatic rings. The van der Waals surface area contributed by atoms with E-state index in [-0.39, 0.29) is 11.4 Å². The van der Waals surface area contributed by atoms with Crippen LogP contribution in [0.15, 0.2) is 35.4 Å². The molecule has 1 heterocycles. The fourth-order valence-electron chi connectivity index (χ4n) is 1.93. The Morgan fingerprint density at radius 1 is 1.40 bits per heavy atom. The molecule has 0 unspecified atom stereocenters. The van der Waals surface area contributed by atoms with Crippen molar-refractivity contribution in [2.24, 2.45) is 5.92 Å². The maximum absolute atomic E-state index is 12.2. The summed E-state index contributed by atoms with van der Waals surface area (Å²) >= 11 is 0. The number of nitrogens with two attached hydrogens (primary N) is 1. The van der Waals surface area contributed by atoms with Gasteiger partial charge in [0.2, 0.25) is 0 Å². The van der Waals surface area contributed by atoms with Crippen molar-refractivity contribution in [1.82, 2.24) is 9.55 Å². The molecule has 5 nitrogen and oxygen atoms in total. The molecule has 1 aromatic carbocycles. The van der Waals surface area contributed by atoms with Crippen molar-refractivity contribution in [3.05, 3.63) is 46.5 Å². The molecule has 0 amide bonds. The molecular formula is C15H19N3O2. The van der Waals surface area contributed by atoms with Crippen LogP contribution in [0.4, 0.5) is 5.69 Å². The zero-order valence-corrected chi connectivity index (χ0v) is 12.0. The number of nitrogens with zero attached hydrogens (tertiary/aromatic N) is 2.